The average Bonchev–Trinajstić information content (AvgIpc) is 3.27. The molecule has 2 heterocycles. The van der Waals surface area contributed by atoms with Gasteiger partial charge in [-0.15, -0.1) is 0 Å². The number of carbonyl (C=O) groups excluding carboxylic acids is 1. The zero-order valence-electron chi connectivity index (χ0n) is 19.4. The lowest BCUT2D eigenvalue weighted by molar-refractivity contribution is -0.114. The molecule has 0 saturated carbocycles. The van der Waals surface area contributed by atoms with Crippen LogP contribution in [0.1, 0.15) is 31.7 Å². The predicted octanol–water partition coefficient (Wildman–Crippen LogP) is 5.62. The highest BCUT2D eigenvalue weighted by Crippen LogP contribution is 2.38. The van der Waals surface area contributed by atoms with Crippen molar-refractivity contribution in [1.82, 2.24) is 5.01 Å². The number of carbonyl (C=O) groups is 1. The molecule has 182 valence electrons. The fraction of sp³-hybridized carbons (Fsp3) is 0.280. The van der Waals surface area contributed by atoms with Crippen LogP contribution >= 0.6 is 23.4 Å². The van der Waals surface area contributed by atoms with Gasteiger partial charge in [-0.2, -0.15) is 15.1 Å². The maximum Gasteiger partial charge on any atom is 0.283 e. The van der Waals surface area contributed by atoms with Gasteiger partial charge in [0.2, 0.25) is 5.17 Å². The van der Waals surface area contributed by atoms with E-state index in [1.54, 1.807) is 18.2 Å². The van der Waals surface area contributed by atoms with E-state index in [1.165, 1.54) is 23.9 Å². The van der Waals surface area contributed by atoms with E-state index in [1.807, 2.05) is 30.3 Å². The van der Waals surface area contributed by atoms with Crippen molar-refractivity contribution in [2.45, 2.75) is 26.2 Å². The minimum absolute atomic E-state index is 0.0209. The van der Waals surface area contributed by atoms with Gasteiger partial charge in [-0.25, -0.2) is 0 Å². The Morgan fingerprint density at radius 1 is 1.17 bits per heavy atom. The molecule has 1 amide bonds. The molecule has 4 rings (SSSR count). The average molecular weight is 513 g/mol. The predicted molar refractivity (Wildman–Crippen MR) is 140 cm³/mol. The van der Waals surface area contributed by atoms with Crippen LogP contribution in [0.2, 0.25) is 5.02 Å². The van der Waals surface area contributed by atoms with Gasteiger partial charge in [0.25, 0.3) is 5.91 Å². The molecule has 0 bridgehead atoms. The molecule has 0 spiro atoms. The number of nitrogens with one attached hydrogen (secondary N) is 1. The van der Waals surface area contributed by atoms with Gasteiger partial charge >= 0.3 is 0 Å². The number of halogens is 1. The zero-order valence-corrected chi connectivity index (χ0v) is 21.0. The number of fused-ring (bicyclic) bond motifs is 1. The number of para-hydroxylation sites is 1. The number of ether oxygens (including phenoxy) is 3. The highest BCUT2D eigenvalue weighted by molar-refractivity contribution is 8.26. The number of unbranched alkanes of at least 4 members (excludes halogenated alkanes) is 1. The normalized spacial score (nSPS) is 16.2. The van der Waals surface area contributed by atoms with Gasteiger partial charge in [0.05, 0.1) is 17.7 Å². The second kappa shape index (κ2) is 11.4. The first-order valence-corrected chi connectivity index (χ1v) is 12.4. The quantitative estimate of drug-likeness (QED) is 0.328. The minimum atomic E-state index is -0.492. The molecule has 0 radical (unpaired) electrons. The first-order chi connectivity index (χ1) is 17.0. The summed E-state index contributed by atoms with van der Waals surface area (Å²) in [7, 11) is 1.51. The highest BCUT2D eigenvalue weighted by atomic mass is 35.5. The Hall–Kier alpha value is -3.30. The van der Waals surface area contributed by atoms with E-state index in [9.17, 15) is 4.79 Å². The lowest BCUT2D eigenvalue weighted by Crippen LogP contribution is -2.35. The maximum absolute atomic E-state index is 12.7. The molecule has 0 aromatic heterocycles. The number of hydrogen-bond donors (Lipinski definition) is 1. The lowest BCUT2D eigenvalue weighted by Gasteiger charge is -2.20. The first-order valence-electron chi connectivity index (χ1n) is 11.2. The number of aliphatic imine (C=N–C) groups is 1. The van der Waals surface area contributed by atoms with Crippen molar-refractivity contribution in [3.63, 3.8) is 0 Å². The minimum Gasteiger partial charge on any atom is -0.493 e. The molecular formula is C25H25ClN4O4S. The van der Waals surface area contributed by atoms with Crippen LogP contribution < -0.4 is 14.2 Å². The van der Waals surface area contributed by atoms with E-state index in [4.69, 9.17) is 31.2 Å². The van der Waals surface area contributed by atoms with Gasteiger partial charge in [0, 0.05) is 0 Å². The molecule has 0 atom stereocenters. The van der Waals surface area contributed by atoms with Crippen LogP contribution in [0, 0.1) is 5.41 Å². The van der Waals surface area contributed by atoms with E-state index in [0.29, 0.717) is 33.9 Å². The van der Waals surface area contributed by atoms with E-state index in [-0.39, 0.29) is 18.0 Å². The molecule has 0 aliphatic carbocycles. The molecule has 2 aliphatic rings. The zero-order chi connectivity index (χ0) is 24.8. The van der Waals surface area contributed by atoms with Crippen molar-refractivity contribution in [3.8, 4) is 17.2 Å². The summed E-state index contributed by atoms with van der Waals surface area (Å²) in [5.41, 5.74) is 0.700. The molecule has 2 aromatic carbocycles. The van der Waals surface area contributed by atoms with E-state index in [0.717, 1.165) is 30.1 Å². The monoisotopic (exact) mass is 512 g/mol. The first kappa shape index (κ1) is 24.8. The Labute approximate surface area is 213 Å². The fourth-order valence-corrected chi connectivity index (χ4v) is 4.61. The number of methoxy groups -OCH3 is 1. The van der Waals surface area contributed by atoms with Gasteiger partial charge in [-0.3, -0.25) is 10.2 Å². The van der Waals surface area contributed by atoms with Crippen LogP contribution in [0.4, 0.5) is 0 Å². The van der Waals surface area contributed by atoms with Crippen LogP contribution in [0.15, 0.2) is 58.1 Å². The second-order valence-corrected chi connectivity index (χ2v) is 9.11. The van der Waals surface area contributed by atoms with Crippen LogP contribution in [0.25, 0.3) is 6.08 Å². The summed E-state index contributed by atoms with van der Waals surface area (Å²) in [5.74, 6) is 1.01. The van der Waals surface area contributed by atoms with Crippen molar-refractivity contribution in [3.05, 3.63) is 58.6 Å². The number of hydrogen-bond acceptors (Lipinski definition) is 7. The number of rotatable bonds is 10. The van der Waals surface area contributed by atoms with Gasteiger partial charge in [0.15, 0.2) is 17.3 Å². The number of benzene rings is 2. The Morgan fingerprint density at radius 3 is 2.69 bits per heavy atom. The highest BCUT2D eigenvalue weighted by Gasteiger charge is 2.35. The summed E-state index contributed by atoms with van der Waals surface area (Å²) in [6.07, 6.45) is 4.38. The van der Waals surface area contributed by atoms with Crippen LogP contribution in [-0.2, 0) is 4.79 Å². The molecule has 35 heavy (non-hydrogen) atoms. The maximum atomic E-state index is 12.7. The van der Waals surface area contributed by atoms with Crippen LogP contribution in [-0.4, -0.2) is 47.3 Å². The van der Waals surface area contributed by atoms with Crippen molar-refractivity contribution in [2.75, 3.05) is 20.3 Å². The summed E-state index contributed by atoms with van der Waals surface area (Å²) in [4.78, 5) is 16.8. The Bertz CT molecular complexity index is 1210. The Kier molecular flexibility index (Phi) is 8.09. The summed E-state index contributed by atoms with van der Waals surface area (Å²) in [5, 5.41) is 16.0. The molecule has 1 N–H and O–H groups in total. The summed E-state index contributed by atoms with van der Waals surface area (Å²) in [6, 6.07) is 12.8. The molecule has 10 heteroatoms. The van der Waals surface area contributed by atoms with Gasteiger partial charge in [-0.05, 0) is 60.5 Å². The number of amides is 1. The molecular weight excluding hydrogens is 488 g/mol. The Morgan fingerprint density at radius 2 is 1.94 bits per heavy atom. The number of nitrogens with zero attached hydrogens (tertiary/aromatic N) is 3. The van der Waals surface area contributed by atoms with Gasteiger partial charge < -0.3 is 14.2 Å². The van der Waals surface area contributed by atoms with E-state index in [2.05, 4.69) is 17.0 Å². The Balaban J connectivity index is 1.48. The molecule has 0 fully saturated rings. The van der Waals surface area contributed by atoms with Crippen molar-refractivity contribution >= 4 is 51.4 Å². The SMILES string of the molecule is CCCCC1=NN2C(=N)/C(=C\c3cc(Cl)c(OCCOc4ccccc4)c(OC)c3)C(=O)N=C2S1. The third kappa shape index (κ3) is 5.86. The van der Waals surface area contributed by atoms with Gasteiger partial charge in [-0.1, -0.05) is 43.1 Å². The second-order valence-electron chi connectivity index (χ2n) is 7.66. The summed E-state index contributed by atoms with van der Waals surface area (Å²) in [6.45, 7) is 2.69. The lowest BCUT2D eigenvalue weighted by atomic mass is 10.1. The molecule has 0 saturated heterocycles. The molecule has 8 nitrogen and oxygen atoms in total. The van der Waals surface area contributed by atoms with Crippen molar-refractivity contribution < 1.29 is 19.0 Å². The van der Waals surface area contributed by atoms with Crippen molar-refractivity contribution in [2.24, 2.45) is 10.1 Å². The topological polar surface area (TPSA) is 96.6 Å². The molecule has 2 aromatic rings. The third-order valence-corrected chi connectivity index (χ3v) is 6.39. The third-order valence-electron chi connectivity index (χ3n) is 5.14. The van der Waals surface area contributed by atoms with Crippen LogP contribution in [0.3, 0.4) is 0 Å². The van der Waals surface area contributed by atoms with E-state index < -0.39 is 5.91 Å². The van der Waals surface area contributed by atoms with E-state index >= 15 is 0 Å². The number of amidine groups is 2. The summed E-state index contributed by atoms with van der Waals surface area (Å²) < 4.78 is 16.9. The smallest absolute Gasteiger partial charge is 0.283 e. The molecule has 2 aliphatic heterocycles. The number of thioether (sulfide) groups is 1. The fourth-order valence-electron chi connectivity index (χ4n) is 3.41. The largest absolute Gasteiger partial charge is 0.493 e. The number of hydrazone groups is 1. The summed E-state index contributed by atoms with van der Waals surface area (Å²) >= 11 is 7.82. The van der Waals surface area contributed by atoms with Crippen LogP contribution in [0.5, 0.6) is 17.2 Å². The molecule has 0 unspecified atom stereocenters. The van der Waals surface area contributed by atoms with Gasteiger partial charge in [0.1, 0.15) is 24.0 Å². The standard InChI is InChI=1S/C25H25ClN4O4S/c1-3-4-10-21-29-30-23(27)18(24(31)28-25(30)35-21)13-16-14-19(26)22(20(15-16)32-2)34-12-11-33-17-8-6-5-7-9-17/h5-9,13-15,27H,3-4,10-12H2,1-2H3/b18-13+,27-23?. The van der Waals surface area contributed by atoms with Crippen molar-refractivity contribution in [1.29, 1.82) is 5.41 Å².